The lowest BCUT2D eigenvalue weighted by molar-refractivity contribution is -0.226. The Morgan fingerprint density at radius 2 is 1.28 bits per heavy atom. The average molecular weight is 1440 g/mol. The van der Waals surface area contributed by atoms with E-state index in [9.17, 15) is 55.8 Å². The molecule has 2 amide bonds. The number of likely N-dealkylation sites (N-methyl/N-ethyl adjacent to an activating group) is 1. The zero-order valence-electron chi connectivity index (χ0n) is 53.5. The van der Waals surface area contributed by atoms with Crippen molar-refractivity contribution in [3.63, 3.8) is 0 Å². The van der Waals surface area contributed by atoms with Gasteiger partial charge in [-0.15, -0.1) is 0 Å². The summed E-state index contributed by atoms with van der Waals surface area (Å²) in [4.78, 5) is 118. The normalized spacial score (nSPS) is 17.7. The number of nitrogens with one attached hydrogen (secondary N) is 1. The predicted molar refractivity (Wildman–Crippen MR) is 342 cm³/mol. The van der Waals surface area contributed by atoms with Gasteiger partial charge in [0.15, 0.2) is 18.2 Å². The molecule has 3 fully saturated rings. The Morgan fingerprint density at radius 3 is 1.83 bits per heavy atom. The summed E-state index contributed by atoms with van der Waals surface area (Å²) in [6.45, 7) is -2.64. The first-order valence-electron chi connectivity index (χ1n) is 31.2. The maximum atomic E-state index is 14.8. The number of nitrogens with zero attached hydrogens (tertiary/aromatic N) is 9. The Hall–Kier alpha value is -7.40. The Bertz CT molecular complexity index is 3680. The maximum Gasteiger partial charge on any atom is 0.530 e. The van der Waals surface area contributed by atoms with Crippen molar-refractivity contribution in [3.05, 3.63) is 89.0 Å². The van der Waals surface area contributed by atoms with Crippen LogP contribution in [0.2, 0.25) is 0 Å². The molecule has 1 atom stereocenters. The number of nitrogens with two attached hydrogens (primary N) is 1. The number of alkyl carbamates (subject to hydrolysis) is 1. The fourth-order valence-electron chi connectivity index (χ4n) is 10.9. The summed E-state index contributed by atoms with van der Waals surface area (Å²) in [6.07, 6.45) is -7.44. The minimum absolute atomic E-state index is 0.0353. The number of phosphoric acid groups is 3. The predicted octanol–water partition coefficient (Wildman–Crippen LogP) is 6.15. The van der Waals surface area contributed by atoms with E-state index in [1.807, 2.05) is 58.3 Å². The fourth-order valence-corrected chi connectivity index (χ4v) is 13.0. The number of carbonyl (C=O) groups excluding carboxylic acids is 4. The molecule has 1 unspecified atom stereocenters. The lowest BCUT2D eigenvalue weighted by Gasteiger charge is -2.33. The summed E-state index contributed by atoms with van der Waals surface area (Å²) in [5.41, 5.74) is 9.82. The number of benzene rings is 3. The van der Waals surface area contributed by atoms with Gasteiger partial charge in [0.05, 0.1) is 46.2 Å². The molecule has 7 N–H and O–H groups in total. The molecular weight excluding hydrogens is 1360 g/mol. The highest BCUT2D eigenvalue weighted by molar-refractivity contribution is 7.49. The summed E-state index contributed by atoms with van der Waals surface area (Å²) >= 11 is 0. The first-order chi connectivity index (χ1) is 46.7. The Labute approximate surface area is 560 Å². The van der Waals surface area contributed by atoms with Crippen molar-refractivity contribution >= 4 is 82.2 Å². The van der Waals surface area contributed by atoms with Crippen LogP contribution in [-0.2, 0) is 71.6 Å². The van der Waals surface area contributed by atoms with Crippen molar-refractivity contribution in [3.8, 4) is 16.9 Å². The molecule has 0 saturated carbocycles. The number of carbonyl (C=O) groups is 4. The van der Waals surface area contributed by atoms with Crippen LogP contribution in [0, 0.1) is 0 Å². The third kappa shape index (κ3) is 21.1. The van der Waals surface area contributed by atoms with Crippen LogP contribution in [0.15, 0.2) is 66.7 Å². The third-order valence-corrected chi connectivity index (χ3v) is 18.1. The van der Waals surface area contributed by atoms with Crippen molar-refractivity contribution in [1.82, 2.24) is 30.2 Å². The molecule has 1 aliphatic carbocycles. The van der Waals surface area contributed by atoms with E-state index in [0.29, 0.717) is 43.3 Å². The van der Waals surface area contributed by atoms with Gasteiger partial charge in [0.1, 0.15) is 48.3 Å². The topological polar surface area (TPSA) is 408 Å². The van der Waals surface area contributed by atoms with Gasteiger partial charge in [-0.1, -0.05) is 54.6 Å². The van der Waals surface area contributed by atoms with Crippen LogP contribution in [-0.4, -0.2) is 220 Å². The molecule has 0 radical (unpaired) electrons. The summed E-state index contributed by atoms with van der Waals surface area (Å²) in [7, 11) is -12.0. The van der Waals surface area contributed by atoms with E-state index < -0.39 is 130 Å². The number of alkyl halides is 3. The molecule has 9 rings (SSSR count). The fraction of sp³-hybridized carbons (Fsp3) is 0.525. The number of hydrogen-bond donors (Lipinski definition) is 6. The molecule has 0 bridgehead atoms. The molecule has 5 heterocycles. The van der Waals surface area contributed by atoms with E-state index in [-0.39, 0.29) is 75.0 Å². The minimum Gasteiger partial charge on any atom is -0.452 e. The van der Waals surface area contributed by atoms with Gasteiger partial charge in [-0.2, -0.15) is 23.1 Å². The van der Waals surface area contributed by atoms with E-state index in [4.69, 9.17) is 82.0 Å². The van der Waals surface area contributed by atoms with Crippen molar-refractivity contribution in [1.29, 1.82) is 0 Å². The average Bonchev–Trinajstić information content (AvgIpc) is 1.18. The number of anilines is 4. The van der Waals surface area contributed by atoms with Gasteiger partial charge in [-0.05, 0) is 78.5 Å². The number of fused-ring (bicyclic) bond motifs is 4. The number of ether oxygens (including phenoxy) is 6. The Balaban J connectivity index is 0.938. The maximum absolute atomic E-state index is 14.8. The Morgan fingerprint density at radius 1 is 0.714 bits per heavy atom. The summed E-state index contributed by atoms with van der Waals surface area (Å²) in [6, 6.07) is 19.0. The minimum atomic E-state index is -5.30. The highest BCUT2D eigenvalue weighted by atomic mass is 31.2. The SMILES string of the molecule is CN(C)C(=O)COC(=O)c1cc(COC(=O)NC(OCCN(CCOP(=O)(O)O)c2nc(N3CCCCC3)c3nc(N(CCOCCN)CCOC(=O)OCC4c5ccccc5-c5ccccc54)nc(N4CCCCC4)c3n2)C(F)(F)F)ccc1OP1(=O)OCC(OP(=O)(O)O)CO1. The van der Waals surface area contributed by atoms with Crippen molar-refractivity contribution in [2.75, 3.05) is 152 Å². The molecular formula is C59H77F3N11O22P3. The van der Waals surface area contributed by atoms with Gasteiger partial charge >= 0.3 is 47.9 Å². The quantitative estimate of drug-likeness (QED) is 0.00923. The summed E-state index contributed by atoms with van der Waals surface area (Å²) in [5, 5.41) is 1.62. The smallest absolute Gasteiger partial charge is 0.452 e. The Kier molecular flexibility index (Phi) is 26.0. The van der Waals surface area contributed by atoms with Gasteiger partial charge in [-0.3, -0.25) is 28.2 Å². The van der Waals surface area contributed by atoms with Crippen LogP contribution in [0.25, 0.3) is 22.2 Å². The molecule has 4 aliphatic rings. The standard InChI is InChI=1S/C59H77F3N11O22P3/c1-69(2)48(74)38-88-53(75)45-33-39(17-18-47(45)95-98(84)92-35-40(36-93-98)94-97(81,82)83)34-89-57(76)68-54(59(60,61)62)86-30-25-73(27-32-91-96(78,79)80)56-65-50-49(52(67-56)71-22-11-4-12-23-71)64-55(66-51(50)70-20-9-3-10-21-70)72(24-29-85-28-19-63)26-31-87-58(77)90-37-46-43-15-7-5-13-41(43)42-14-6-8-16-44(42)46/h5-8,13-18,33,40,46,54H,3-4,9-12,19-32,34-38,63H2,1-2H3,(H,68,76)(H2,78,79,80)(H2,81,82,83). The lowest BCUT2D eigenvalue weighted by atomic mass is 9.98. The van der Waals surface area contributed by atoms with Gasteiger partial charge in [0.25, 0.3) is 5.91 Å². The number of piperidine rings is 2. The van der Waals surface area contributed by atoms with E-state index in [1.54, 1.807) is 10.2 Å². The third-order valence-electron chi connectivity index (χ3n) is 15.6. The molecule has 536 valence electrons. The molecule has 3 aliphatic heterocycles. The van der Waals surface area contributed by atoms with Crippen LogP contribution >= 0.6 is 23.5 Å². The number of halogens is 3. The van der Waals surface area contributed by atoms with E-state index in [1.165, 1.54) is 19.0 Å². The zero-order chi connectivity index (χ0) is 70.2. The van der Waals surface area contributed by atoms with E-state index in [0.717, 1.165) is 83.9 Å². The van der Waals surface area contributed by atoms with Crippen molar-refractivity contribution in [2.24, 2.45) is 5.73 Å². The van der Waals surface area contributed by atoms with Crippen LogP contribution in [0.5, 0.6) is 5.75 Å². The van der Waals surface area contributed by atoms with Crippen molar-refractivity contribution < 1.29 is 117 Å². The van der Waals surface area contributed by atoms with Gasteiger partial charge in [0.2, 0.25) is 18.1 Å². The molecule has 0 spiro atoms. The molecule has 3 saturated heterocycles. The number of aromatic nitrogens is 4. The van der Waals surface area contributed by atoms with E-state index >= 15 is 0 Å². The number of rotatable bonds is 32. The molecule has 39 heteroatoms. The number of phosphoric ester groups is 3. The van der Waals surface area contributed by atoms with Gasteiger partial charge in [0, 0.05) is 72.4 Å². The molecule has 3 aromatic carbocycles. The number of amides is 2. The van der Waals surface area contributed by atoms with Crippen LogP contribution in [0.3, 0.4) is 0 Å². The van der Waals surface area contributed by atoms with Crippen LogP contribution in [0.1, 0.15) is 71.5 Å². The van der Waals surface area contributed by atoms with Gasteiger partial charge in [-0.25, -0.2) is 38.0 Å². The van der Waals surface area contributed by atoms with Crippen molar-refractivity contribution in [2.45, 2.75) is 69.6 Å². The second-order valence-electron chi connectivity index (χ2n) is 22.9. The molecule has 5 aromatic rings. The first kappa shape index (κ1) is 74.8. The first-order valence-corrected chi connectivity index (χ1v) is 35.8. The molecule has 2 aromatic heterocycles. The summed E-state index contributed by atoms with van der Waals surface area (Å²) in [5.74, 6) is -1.95. The highest BCUT2D eigenvalue weighted by Crippen LogP contribution is 2.54. The molecule has 33 nitrogen and oxygen atoms in total. The number of esters is 1. The van der Waals surface area contributed by atoms with Crippen LogP contribution < -0.4 is 35.2 Å². The van der Waals surface area contributed by atoms with Crippen LogP contribution in [0.4, 0.5) is 46.3 Å². The summed E-state index contributed by atoms with van der Waals surface area (Å²) < 4.78 is 139. The highest BCUT2D eigenvalue weighted by Gasteiger charge is 2.43. The second-order valence-corrected chi connectivity index (χ2v) is 26.9. The van der Waals surface area contributed by atoms with Gasteiger partial charge < -0.3 is 82.8 Å². The number of hydrogen-bond acceptors (Lipinski definition) is 27. The second kappa shape index (κ2) is 34.1. The largest absolute Gasteiger partial charge is 0.530 e. The lowest BCUT2D eigenvalue weighted by Crippen LogP contribution is -2.48. The van der Waals surface area contributed by atoms with E-state index in [2.05, 4.69) is 4.52 Å². The monoisotopic (exact) mass is 1440 g/mol. The zero-order valence-corrected chi connectivity index (χ0v) is 56.2. The molecule has 98 heavy (non-hydrogen) atoms.